The Kier molecular flexibility index (Phi) is 5.47. The van der Waals surface area contributed by atoms with Crippen LogP contribution >= 0.6 is 0 Å². The van der Waals surface area contributed by atoms with Crippen LogP contribution in [0.25, 0.3) is 10.8 Å². The summed E-state index contributed by atoms with van der Waals surface area (Å²) in [5.74, 6) is 3.83. The SMILES string of the molecule is c1ccc2c([S+]3CCCCC3)ccc(CCC3CCCCC3)c2c1. The fourth-order valence-electron chi connectivity index (χ4n) is 4.69. The van der Waals surface area contributed by atoms with Gasteiger partial charge in [-0.25, -0.2) is 0 Å². The highest BCUT2D eigenvalue weighted by Gasteiger charge is 2.27. The zero-order valence-corrected chi connectivity index (χ0v) is 15.8. The van der Waals surface area contributed by atoms with Gasteiger partial charge >= 0.3 is 0 Å². The van der Waals surface area contributed by atoms with E-state index in [4.69, 9.17) is 0 Å². The largest absolute Gasteiger partial charge is 0.162 e. The minimum absolute atomic E-state index is 0.501. The number of hydrogen-bond acceptors (Lipinski definition) is 0. The van der Waals surface area contributed by atoms with Gasteiger partial charge in [0, 0.05) is 16.3 Å². The molecular formula is C23H31S+. The molecule has 0 N–H and O–H groups in total. The second-order valence-corrected chi connectivity index (χ2v) is 10.0. The lowest BCUT2D eigenvalue weighted by molar-refractivity contribution is 0.339. The number of aryl methyl sites for hydroxylation is 1. The first-order chi connectivity index (χ1) is 11.9. The lowest BCUT2D eigenvalue weighted by atomic mass is 9.85. The topological polar surface area (TPSA) is 0 Å². The van der Waals surface area contributed by atoms with Crippen molar-refractivity contribution in [3.63, 3.8) is 0 Å². The Morgan fingerprint density at radius 3 is 2.25 bits per heavy atom. The van der Waals surface area contributed by atoms with Crippen molar-refractivity contribution in [3.8, 4) is 0 Å². The first kappa shape index (κ1) is 16.5. The van der Waals surface area contributed by atoms with Gasteiger partial charge in [-0.3, -0.25) is 0 Å². The van der Waals surface area contributed by atoms with Crippen LogP contribution in [0.15, 0.2) is 41.3 Å². The molecule has 0 bridgehead atoms. The summed E-state index contributed by atoms with van der Waals surface area (Å²) in [5.41, 5.74) is 1.60. The number of fused-ring (bicyclic) bond motifs is 1. The van der Waals surface area contributed by atoms with Crippen molar-refractivity contribution in [2.45, 2.75) is 69.1 Å². The van der Waals surface area contributed by atoms with E-state index < -0.39 is 0 Å². The molecule has 128 valence electrons. The molecule has 1 saturated carbocycles. The van der Waals surface area contributed by atoms with Crippen LogP contribution in [0, 0.1) is 5.92 Å². The summed E-state index contributed by atoms with van der Waals surface area (Å²) in [6.07, 6.45) is 14.3. The number of benzene rings is 2. The quantitative estimate of drug-likeness (QED) is 0.557. The molecule has 1 aliphatic carbocycles. The van der Waals surface area contributed by atoms with E-state index in [0.717, 1.165) is 5.92 Å². The molecular weight excluding hydrogens is 308 g/mol. The fraction of sp³-hybridized carbons (Fsp3) is 0.565. The van der Waals surface area contributed by atoms with E-state index in [2.05, 4.69) is 36.4 Å². The summed E-state index contributed by atoms with van der Waals surface area (Å²) in [6.45, 7) is 0. The van der Waals surface area contributed by atoms with Gasteiger partial charge in [0.2, 0.25) is 0 Å². The van der Waals surface area contributed by atoms with Crippen LogP contribution in [0.4, 0.5) is 0 Å². The number of hydrogen-bond donors (Lipinski definition) is 0. The molecule has 2 aromatic carbocycles. The molecule has 0 unspecified atom stereocenters. The summed E-state index contributed by atoms with van der Waals surface area (Å²) in [4.78, 5) is 1.66. The van der Waals surface area contributed by atoms with Gasteiger partial charge in [0.05, 0.1) is 0 Å². The minimum atomic E-state index is 0.501. The second kappa shape index (κ2) is 7.95. The summed E-state index contributed by atoms with van der Waals surface area (Å²) in [6, 6.07) is 14.2. The van der Waals surface area contributed by atoms with Gasteiger partial charge in [0.15, 0.2) is 4.90 Å². The lowest BCUT2D eigenvalue weighted by Crippen LogP contribution is -2.18. The van der Waals surface area contributed by atoms with E-state index in [1.165, 1.54) is 75.7 Å². The molecule has 4 rings (SSSR count). The summed E-state index contributed by atoms with van der Waals surface area (Å²) >= 11 is 0. The van der Waals surface area contributed by atoms with Crippen LogP contribution < -0.4 is 0 Å². The molecule has 0 radical (unpaired) electrons. The maximum Gasteiger partial charge on any atom is 0.162 e. The van der Waals surface area contributed by atoms with Gasteiger partial charge in [-0.2, -0.15) is 0 Å². The highest BCUT2D eigenvalue weighted by molar-refractivity contribution is 7.97. The molecule has 0 aromatic heterocycles. The Balaban J connectivity index is 1.57. The third-order valence-corrected chi connectivity index (χ3v) is 8.65. The van der Waals surface area contributed by atoms with E-state index >= 15 is 0 Å². The van der Waals surface area contributed by atoms with Crippen molar-refractivity contribution in [2.24, 2.45) is 5.92 Å². The van der Waals surface area contributed by atoms with Crippen LogP contribution in [0.3, 0.4) is 0 Å². The zero-order valence-electron chi connectivity index (χ0n) is 14.9. The molecule has 1 heterocycles. The number of rotatable bonds is 4. The van der Waals surface area contributed by atoms with Gasteiger partial charge in [0.1, 0.15) is 11.5 Å². The Morgan fingerprint density at radius 2 is 1.46 bits per heavy atom. The Labute approximate surface area is 150 Å². The van der Waals surface area contributed by atoms with Crippen molar-refractivity contribution in [3.05, 3.63) is 42.0 Å². The molecule has 1 heteroatoms. The maximum absolute atomic E-state index is 2.49. The molecule has 1 aliphatic heterocycles. The minimum Gasteiger partial charge on any atom is -0.0616 e. The van der Waals surface area contributed by atoms with Crippen LogP contribution in [0.2, 0.25) is 0 Å². The van der Waals surface area contributed by atoms with Crippen LogP contribution in [0.1, 0.15) is 63.4 Å². The third kappa shape index (κ3) is 3.67. The van der Waals surface area contributed by atoms with Crippen molar-refractivity contribution in [2.75, 3.05) is 11.5 Å². The molecule has 2 fully saturated rings. The lowest BCUT2D eigenvalue weighted by Gasteiger charge is -2.22. The van der Waals surface area contributed by atoms with E-state index in [-0.39, 0.29) is 0 Å². The second-order valence-electron chi connectivity index (χ2n) is 7.77. The van der Waals surface area contributed by atoms with Gasteiger partial charge < -0.3 is 0 Å². The van der Waals surface area contributed by atoms with E-state index in [1.54, 1.807) is 21.2 Å². The molecule has 0 amide bonds. The zero-order chi connectivity index (χ0) is 16.2. The first-order valence-corrected chi connectivity index (χ1v) is 11.7. The van der Waals surface area contributed by atoms with E-state index in [1.807, 2.05) is 0 Å². The van der Waals surface area contributed by atoms with Crippen molar-refractivity contribution < 1.29 is 0 Å². The highest BCUT2D eigenvalue weighted by atomic mass is 32.2. The Hall–Kier alpha value is -0.950. The third-order valence-electron chi connectivity index (χ3n) is 6.11. The van der Waals surface area contributed by atoms with Crippen molar-refractivity contribution >= 4 is 21.7 Å². The summed E-state index contributed by atoms with van der Waals surface area (Å²) in [7, 11) is 0.501. The first-order valence-electron chi connectivity index (χ1n) is 10.1. The average molecular weight is 340 g/mol. The smallest absolute Gasteiger partial charge is 0.0616 e. The molecule has 24 heavy (non-hydrogen) atoms. The highest BCUT2D eigenvalue weighted by Crippen LogP contribution is 2.33. The van der Waals surface area contributed by atoms with Crippen molar-refractivity contribution in [1.82, 2.24) is 0 Å². The van der Waals surface area contributed by atoms with Crippen LogP contribution in [-0.2, 0) is 17.3 Å². The molecule has 0 spiro atoms. The van der Waals surface area contributed by atoms with E-state index in [9.17, 15) is 0 Å². The molecule has 0 atom stereocenters. The van der Waals surface area contributed by atoms with Gasteiger partial charge in [-0.05, 0) is 61.1 Å². The van der Waals surface area contributed by atoms with Crippen LogP contribution in [-0.4, -0.2) is 11.5 Å². The van der Waals surface area contributed by atoms with Gasteiger partial charge in [-0.1, -0.05) is 56.4 Å². The fourth-order valence-corrected chi connectivity index (χ4v) is 7.19. The molecule has 2 aromatic rings. The van der Waals surface area contributed by atoms with Gasteiger partial charge in [-0.15, -0.1) is 0 Å². The summed E-state index contributed by atoms with van der Waals surface area (Å²) < 4.78 is 0. The predicted molar refractivity (Wildman–Crippen MR) is 108 cm³/mol. The van der Waals surface area contributed by atoms with Gasteiger partial charge in [0.25, 0.3) is 0 Å². The van der Waals surface area contributed by atoms with E-state index in [0.29, 0.717) is 10.9 Å². The molecule has 1 saturated heterocycles. The van der Waals surface area contributed by atoms with Crippen molar-refractivity contribution in [1.29, 1.82) is 0 Å². The summed E-state index contributed by atoms with van der Waals surface area (Å²) in [5, 5.41) is 3.10. The predicted octanol–water partition coefficient (Wildman–Crippen LogP) is 6.51. The Morgan fingerprint density at radius 1 is 0.750 bits per heavy atom. The molecule has 2 aliphatic rings. The van der Waals surface area contributed by atoms with Crippen LogP contribution in [0.5, 0.6) is 0 Å². The monoisotopic (exact) mass is 339 g/mol. The Bertz CT molecular complexity index is 663. The maximum atomic E-state index is 2.49. The molecule has 0 nitrogen and oxygen atoms in total. The standard InChI is InChI=1S/C23H31S/c1-3-9-19(10-4-1)13-14-20-15-16-23(24-17-7-2-8-18-24)22-12-6-5-11-21(20)22/h5-6,11-12,15-16,19H,1-4,7-10,13-14,17-18H2/q+1. The average Bonchev–Trinajstić information content (AvgIpc) is 2.67. The normalized spacial score (nSPS) is 20.5.